The molecule has 0 aliphatic carbocycles. The largest absolute Gasteiger partial charge is 0.494 e. The van der Waals surface area contributed by atoms with Crippen LogP contribution in [0.2, 0.25) is 0 Å². The minimum absolute atomic E-state index is 0.725. The predicted octanol–water partition coefficient (Wildman–Crippen LogP) is 5.06. The Balaban J connectivity index is 1.70. The molecule has 0 spiro atoms. The Labute approximate surface area is 163 Å². The first kappa shape index (κ1) is 16.7. The summed E-state index contributed by atoms with van der Waals surface area (Å²) < 4.78 is 7.79. The van der Waals surface area contributed by atoms with Gasteiger partial charge in [-0.3, -0.25) is 0 Å². The van der Waals surface area contributed by atoms with Crippen LogP contribution in [0, 0.1) is 0 Å². The Morgan fingerprint density at radius 3 is 2.86 bits per heavy atom. The first-order valence-electron chi connectivity index (χ1n) is 9.59. The van der Waals surface area contributed by atoms with Gasteiger partial charge in [0, 0.05) is 22.9 Å². The van der Waals surface area contributed by atoms with Crippen molar-refractivity contribution in [2.75, 3.05) is 6.61 Å². The maximum atomic E-state index is 5.92. The molecular formula is C23H20N4O. The zero-order valence-corrected chi connectivity index (χ0v) is 15.7. The number of benzene rings is 2. The Kier molecular flexibility index (Phi) is 4.13. The molecule has 28 heavy (non-hydrogen) atoms. The topological polar surface area (TPSA) is 51.8 Å². The van der Waals surface area contributed by atoms with E-state index in [1.165, 1.54) is 0 Å². The smallest absolute Gasteiger partial charge is 0.137 e. The molecule has 0 saturated heterocycles. The van der Waals surface area contributed by atoms with Gasteiger partial charge in [0.15, 0.2) is 0 Å². The molecule has 1 aliphatic heterocycles. The van der Waals surface area contributed by atoms with Gasteiger partial charge in [-0.15, -0.1) is 0 Å². The van der Waals surface area contributed by atoms with Crippen LogP contribution in [0.5, 0.6) is 5.75 Å². The maximum absolute atomic E-state index is 5.92. The fourth-order valence-electron chi connectivity index (χ4n) is 3.58. The second-order valence-corrected chi connectivity index (χ2v) is 6.84. The van der Waals surface area contributed by atoms with Crippen molar-refractivity contribution in [2.24, 2.45) is 4.99 Å². The van der Waals surface area contributed by atoms with Gasteiger partial charge in [0.1, 0.15) is 23.3 Å². The zero-order chi connectivity index (χ0) is 18.9. The van der Waals surface area contributed by atoms with Crippen molar-refractivity contribution in [2.45, 2.75) is 19.8 Å². The molecule has 1 aliphatic rings. The maximum Gasteiger partial charge on any atom is 0.137 e. The molecule has 0 fully saturated rings. The van der Waals surface area contributed by atoms with Crippen molar-refractivity contribution in [3.05, 3.63) is 78.2 Å². The lowest BCUT2D eigenvalue weighted by Crippen LogP contribution is -2.04. The molecule has 0 atom stereocenters. The molecular weight excluding hydrogens is 348 g/mol. The normalized spacial score (nSPS) is 12.4. The van der Waals surface area contributed by atoms with Gasteiger partial charge in [0.2, 0.25) is 0 Å². The van der Waals surface area contributed by atoms with Crippen LogP contribution in [0.1, 0.15) is 30.9 Å². The monoisotopic (exact) mass is 368 g/mol. The van der Waals surface area contributed by atoms with Crippen molar-refractivity contribution in [3.63, 3.8) is 0 Å². The highest BCUT2D eigenvalue weighted by atomic mass is 16.5. The minimum Gasteiger partial charge on any atom is -0.494 e. The van der Waals surface area contributed by atoms with Crippen molar-refractivity contribution >= 4 is 16.9 Å². The zero-order valence-electron chi connectivity index (χ0n) is 15.7. The summed E-state index contributed by atoms with van der Waals surface area (Å²) >= 11 is 0. The van der Waals surface area contributed by atoms with Crippen LogP contribution < -0.4 is 4.74 Å². The molecule has 4 aromatic rings. The molecule has 3 heterocycles. The lowest BCUT2D eigenvalue weighted by Gasteiger charge is -2.09. The lowest BCUT2D eigenvalue weighted by atomic mass is 10.0. The van der Waals surface area contributed by atoms with E-state index in [1.54, 1.807) is 6.33 Å². The van der Waals surface area contributed by atoms with E-state index in [-0.39, 0.29) is 0 Å². The Morgan fingerprint density at radius 1 is 1.00 bits per heavy atom. The Bertz CT molecular complexity index is 1190. The van der Waals surface area contributed by atoms with Gasteiger partial charge in [-0.2, -0.15) is 5.10 Å². The number of aromatic nitrogens is 3. The van der Waals surface area contributed by atoms with Crippen LogP contribution in [0.3, 0.4) is 0 Å². The van der Waals surface area contributed by atoms with E-state index < -0.39 is 0 Å². The van der Waals surface area contributed by atoms with E-state index >= 15 is 0 Å². The number of fused-ring (bicyclic) bond motifs is 2. The Hall–Kier alpha value is -3.47. The number of unbranched alkanes of at least 4 members (excludes halogenated alkanes) is 1. The summed E-state index contributed by atoms with van der Waals surface area (Å²) in [6, 6.07) is 18.3. The van der Waals surface area contributed by atoms with Crippen LogP contribution in [0.15, 0.2) is 72.1 Å². The summed E-state index contributed by atoms with van der Waals surface area (Å²) in [4.78, 5) is 9.62. The average Bonchev–Trinajstić information content (AvgIpc) is 3.10. The first-order chi connectivity index (χ1) is 13.8. The summed E-state index contributed by atoms with van der Waals surface area (Å²) in [6.45, 7) is 2.89. The number of hydrogen-bond donors (Lipinski definition) is 0. The van der Waals surface area contributed by atoms with E-state index in [2.05, 4.69) is 41.3 Å². The Morgan fingerprint density at radius 2 is 1.93 bits per heavy atom. The average molecular weight is 368 g/mol. The van der Waals surface area contributed by atoms with Gasteiger partial charge < -0.3 is 4.74 Å². The van der Waals surface area contributed by atoms with E-state index in [0.29, 0.717) is 0 Å². The van der Waals surface area contributed by atoms with E-state index in [4.69, 9.17) is 9.73 Å². The van der Waals surface area contributed by atoms with Gasteiger partial charge in [-0.1, -0.05) is 43.7 Å². The number of nitrogens with zero attached hydrogens (tertiary/aromatic N) is 4. The molecule has 0 saturated carbocycles. The van der Waals surface area contributed by atoms with E-state index in [1.807, 2.05) is 41.0 Å². The van der Waals surface area contributed by atoms with E-state index in [0.717, 1.165) is 64.5 Å². The van der Waals surface area contributed by atoms with Gasteiger partial charge in [0.25, 0.3) is 0 Å². The third kappa shape index (κ3) is 2.76. The summed E-state index contributed by atoms with van der Waals surface area (Å²) in [5.41, 5.74) is 6.76. The number of rotatable bonds is 5. The number of hydrogen-bond acceptors (Lipinski definition) is 4. The third-order valence-electron chi connectivity index (χ3n) is 4.97. The number of para-hydroxylation sites is 1. The van der Waals surface area contributed by atoms with Gasteiger partial charge >= 0.3 is 0 Å². The highest BCUT2D eigenvalue weighted by molar-refractivity contribution is 6.20. The molecule has 5 nitrogen and oxygen atoms in total. The molecule has 138 valence electrons. The van der Waals surface area contributed by atoms with Crippen LogP contribution in [0.4, 0.5) is 5.69 Å². The highest BCUT2D eigenvalue weighted by Crippen LogP contribution is 2.37. The van der Waals surface area contributed by atoms with Crippen LogP contribution in [-0.4, -0.2) is 26.9 Å². The minimum atomic E-state index is 0.725. The predicted molar refractivity (Wildman–Crippen MR) is 111 cm³/mol. The van der Waals surface area contributed by atoms with E-state index in [9.17, 15) is 0 Å². The number of aliphatic imine (C=N–C) groups is 1. The number of ether oxygens (including phenoxy) is 1. The second kappa shape index (κ2) is 6.93. The highest BCUT2D eigenvalue weighted by Gasteiger charge is 2.22. The van der Waals surface area contributed by atoms with Crippen LogP contribution in [-0.2, 0) is 0 Å². The fourth-order valence-corrected chi connectivity index (χ4v) is 3.58. The summed E-state index contributed by atoms with van der Waals surface area (Å²) in [6.07, 6.45) is 5.71. The van der Waals surface area contributed by atoms with Crippen LogP contribution in [0.25, 0.3) is 16.8 Å². The lowest BCUT2D eigenvalue weighted by molar-refractivity contribution is 0.309. The van der Waals surface area contributed by atoms with Crippen LogP contribution >= 0.6 is 0 Å². The second-order valence-electron chi connectivity index (χ2n) is 6.84. The van der Waals surface area contributed by atoms with Gasteiger partial charge in [-0.25, -0.2) is 14.5 Å². The van der Waals surface area contributed by atoms with Crippen molar-refractivity contribution < 1.29 is 4.74 Å². The molecule has 0 unspecified atom stereocenters. The molecule has 0 radical (unpaired) electrons. The third-order valence-corrected chi connectivity index (χ3v) is 4.97. The molecule has 0 bridgehead atoms. The van der Waals surface area contributed by atoms with Gasteiger partial charge in [0.05, 0.1) is 18.0 Å². The van der Waals surface area contributed by atoms with Crippen molar-refractivity contribution in [3.8, 4) is 17.0 Å². The summed E-state index contributed by atoms with van der Waals surface area (Å²) in [5, 5.41) is 4.38. The molecule has 0 amide bonds. The molecule has 0 N–H and O–H groups in total. The van der Waals surface area contributed by atoms with Crippen molar-refractivity contribution in [1.29, 1.82) is 0 Å². The quantitative estimate of drug-likeness (QED) is 0.408. The first-order valence-corrected chi connectivity index (χ1v) is 9.59. The molecule has 5 rings (SSSR count). The van der Waals surface area contributed by atoms with Crippen molar-refractivity contribution in [1.82, 2.24) is 14.6 Å². The SMILES string of the molecule is CCCCOc1cccc(C2=Nc3ccccc3-c3ncnn4ccc2c34)c1. The fraction of sp³-hybridized carbons (Fsp3) is 0.174. The summed E-state index contributed by atoms with van der Waals surface area (Å²) in [7, 11) is 0. The standard InChI is InChI=1S/C23H20N4O/c1-2-3-13-28-17-8-6-7-16(14-17)21-19-11-12-27-23(19)22(24-15-25-27)18-9-4-5-10-20(18)26-21/h4-12,14-15H,2-3,13H2,1H3. The summed E-state index contributed by atoms with van der Waals surface area (Å²) in [5.74, 6) is 0.867. The molecule has 2 aromatic carbocycles. The van der Waals surface area contributed by atoms with Gasteiger partial charge in [-0.05, 0) is 30.7 Å². The molecule has 5 heteroatoms. The molecule has 2 aromatic heterocycles.